The first kappa shape index (κ1) is 17.3. The number of para-hydroxylation sites is 1. The van der Waals surface area contributed by atoms with Crippen molar-refractivity contribution in [2.75, 3.05) is 12.4 Å². The average molecular weight is 328 g/mol. The van der Waals surface area contributed by atoms with Gasteiger partial charge in [-0.15, -0.1) is 0 Å². The third-order valence-electron chi connectivity index (χ3n) is 4.12. The van der Waals surface area contributed by atoms with E-state index in [0.29, 0.717) is 0 Å². The maximum Gasteiger partial charge on any atom is 0.418 e. The number of hydrogen-bond donors (Lipinski definition) is 1. The first-order valence-corrected chi connectivity index (χ1v) is 7.55. The van der Waals surface area contributed by atoms with Crippen LogP contribution in [-0.4, -0.2) is 29.8 Å². The van der Waals surface area contributed by atoms with Crippen molar-refractivity contribution in [3.63, 3.8) is 0 Å². The van der Waals surface area contributed by atoms with Crippen molar-refractivity contribution in [2.24, 2.45) is 0 Å². The maximum absolute atomic E-state index is 12.9. The van der Waals surface area contributed by atoms with Crippen LogP contribution in [0.25, 0.3) is 0 Å². The minimum absolute atomic E-state index is 0.0279. The number of likely N-dealkylation sites (N-methyl/N-ethyl adjacent to an activating group) is 1. The summed E-state index contributed by atoms with van der Waals surface area (Å²) in [5.74, 6) is -1.86. The van der Waals surface area contributed by atoms with Gasteiger partial charge in [0.15, 0.2) is 0 Å². The largest absolute Gasteiger partial charge is 0.418 e. The van der Waals surface area contributed by atoms with Crippen molar-refractivity contribution in [1.82, 2.24) is 4.90 Å². The molecule has 0 aliphatic heterocycles. The lowest BCUT2D eigenvalue weighted by Gasteiger charge is -2.30. The van der Waals surface area contributed by atoms with Crippen LogP contribution in [0.2, 0.25) is 0 Å². The van der Waals surface area contributed by atoms with Gasteiger partial charge in [-0.25, -0.2) is 0 Å². The fraction of sp³-hybridized carbons (Fsp3) is 0.500. The van der Waals surface area contributed by atoms with Crippen LogP contribution in [0.3, 0.4) is 0 Å². The van der Waals surface area contributed by atoms with Crippen LogP contribution in [0, 0.1) is 0 Å². The number of nitrogens with zero attached hydrogens (tertiary/aromatic N) is 1. The molecule has 2 amide bonds. The molecule has 0 radical (unpaired) electrons. The summed E-state index contributed by atoms with van der Waals surface area (Å²) in [4.78, 5) is 25.5. The number of carbonyl (C=O) groups is 2. The van der Waals surface area contributed by atoms with Gasteiger partial charge in [-0.1, -0.05) is 31.4 Å². The van der Waals surface area contributed by atoms with E-state index in [4.69, 9.17) is 0 Å². The highest BCUT2D eigenvalue weighted by Gasteiger charge is 2.34. The summed E-state index contributed by atoms with van der Waals surface area (Å²) in [5.41, 5.74) is -1.38. The molecule has 7 heteroatoms. The monoisotopic (exact) mass is 328 g/mol. The molecule has 0 spiro atoms. The Kier molecular flexibility index (Phi) is 5.28. The Labute approximate surface area is 132 Å². The predicted molar refractivity (Wildman–Crippen MR) is 79.7 cm³/mol. The van der Waals surface area contributed by atoms with E-state index in [1.807, 2.05) is 0 Å². The zero-order valence-electron chi connectivity index (χ0n) is 12.8. The molecule has 1 aromatic rings. The van der Waals surface area contributed by atoms with E-state index in [1.165, 1.54) is 24.1 Å². The maximum atomic E-state index is 12.9. The lowest BCUT2D eigenvalue weighted by molar-refractivity contribution is -0.144. The number of carbonyl (C=O) groups excluding carboxylic acids is 2. The molecule has 4 nitrogen and oxygen atoms in total. The molecule has 2 rings (SSSR count). The second-order valence-corrected chi connectivity index (χ2v) is 5.71. The molecule has 0 atom stereocenters. The summed E-state index contributed by atoms with van der Waals surface area (Å²) in [7, 11) is 1.52. The highest BCUT2D eigenvalue weighted by Crippen LogP contribution is 2.34. The Morgan fingerprint density at radius 3 is 2.35 bits per heavy atom. The van der Waals surface area contributed by atoms with Crippen molar-refractivity contribution in [3.8, 4) is 0 Å². The number of nitrogens with one attached hydrogen (secondary N) is 1. The van der Waals surface area contributed by atoms with Crippen LogP contribution in [-0.2, 0) is 15.8 Å². The molecular formula is C16H19F3N2O2. The molecule has 1 saturated carbocycles. The van der Waals surface area contributed by atoms with E-state index in [2.05, 4.69) is 5.32 Å². The lowest BCUT2D eigenvalue weighted by atomic mass is 9.94. The van der Waals surface area contributed by atoms with E-state index >= 15 is 0 Å². The topological polar surface area (TPSA) is 49.4 Å². The molecule has 1 aliphatic carbocycles. The molecule has 0 aromatic heterocycles. The molecule has 0 bridgehead atoms. The normalized spacial score (nSPS) is 16.0. The molecule has 1 aliphatic rings. The Morgan fingerprint density at radius 2 is 1.74 bits per heavy atom. The van der Waals surface area contributed by atoms with Gasteiger partial charge in [0.25, 0.3) is 0 Å². The summed E-state index contributed by atoms with van der Waals surface area (Å²) < 4.78 is 38.7. The first-order valence-electron chi connectivity index (χ1n) is 7.55. The van der Waals surface area contributed by atoms with Crippen LogP contribution >= 0.6 is 0 Å². The smallest absolute Gasteiger partial charge is 0.335 e. The standard InChI is InChI=1S/C16H19F3N2O2/c1-21(11-7-3-2-4-8-11)15(23)14(22)20-13-10-6-5-9-12(13)16(17,18)19/h5-6,9-11H,2-4,7-8H2,1H3,(H,20,22). The molecule has 23 heavy (non-hydrogen) atoms. The Balaban J connectivity index is 2.08. The Hall–Kier alpha value is -2.05. The summed E-state index contributed by atoms with van der Waals surface area (Å²) in [6, 6.07) is 4.58. The third kappa shape index (κ3) is 4.24. The second kappa shape index (κ2) is 7.02. The van der Waals surface area contributed by atoms with Gasteiger partial charge >= 0.3 is 18.0 Å². The van der Waals surface area contributed by atoms with Gasteiger partial charge in [0.2, 0.25) is 0 Å². The van der Waals surface area contributed by atoms with Crippen LogP contribution in [0.1, 0.15) is 37.7 Å². The Bertz CT molecular complexity index is 581. The van der Waals surface area contributed by atoms with Gasteiger partial charge in [-0.2, -0.15) is 13.2 Å². The zero-order chi connectivity index (χ0) is 17.0. The number of anilines is 1. The average Bonchev–Trinajstić information content (AvgIpc) is 2.53. The van der Waals surface area contributed by atoms with Gasteiger partial charge < -0.3 is 10.2 Å². The number of halogens is 3. The van der Waals surface area contributed by atoms with Gasteiger partial charge in [-0.3, -0.25) is 9.59 Å². The second-order valence-electron chi connectivity index (χ2n) is 5.71. The molecule has 0 unspecified atom stereocenters. The Morgan fingerprint density at radius 1 is 1.13 bits per heavy atom. The van der Waals surface area contributed by atoms with Crippen LogP contribution in [0.4, 0.5) is 18.9 Å². The van der Waals surface area contributed by atoms with Crippen LogP contribution in [0.5, 0.6) is 0 Å². The quantitative estimate of drug-likeness (QED) is 0.846. The fourth-order valence-electron chi connectivity index (χ4n) is 2.81. The van der Waals surface area contributed by atoms with Crippen LogP contribution < -0.4 is 5.32 Å². The number of rotatable bonds is 2. The van der Waals surface area contributed by atoms with Crippen molar-refractivity contribution >= 4 is 17.5 Å². The molecule has 126 valence electrons. The molecule has 1 fully saturated rings. The van der Waals surface area contributed by atoms with Crippen molar-refractivity contribution in [2.45, 2.75) is 44.3 Å². The number of hydrogen-bond acceptors (Lipinski definition) is 2. The molecule has 1 N–H and O–H groups in total. The van der Waals surface area contributed by atoms with Gasteiger partial charge in [0, 0.05) is 13.1 Å². The first-order chi connectivity index (χ1) is 10.8. The summed E-state index contributed by atoms with van der Waals surface area (Å²) in [6.07, 6.45) is 0.108. The minimum Gasteiger partial charge on any atom is -0.335 e. The molecule has 0 saturated heterocycles. The number of alkyl halides is 3. The SMILES string of the molecule is CN(C(=O)C(=O)Nc1ccccc1C(F)(F)F)C1CCCCC1. The van der Waals surface area contributed by atoms with E-state index in [9.17, 15) is 22.8 Å². The van der Waals surface area contributed by atoms with Crippen molar-refractivity contribution < 1.29 is 22.8 Å². The fourth-order valence-corrected chi connectivity index (χ4v) is 2.81. The zero-order valence-corrected chi connectivity index (χ0v) is 12.8. The third-order valence-corrected chi connectivity index (χ3v) is 4.12. The molecular weight excluding hydrogens is 309 g/mol. The van der Waals surface area contributed by atoms with E-state index in [-0.39, 0.29) is 6.04 Å². The molecule has 1 aromatic carbocycles. The van der Waals surface area contributed by atoms with E-state index < -0.39 is 29.2 Å². The van der Waals surface area contributed by atoms with Gasteiger partial charge in [0.05, 0.1) is 11.3 Å². The highest BCUT2D eigenvalue weighted by molar-refractivity contribution is 6.39. The summed E-state index contributed by atoms with van der Waals surface area (Å²) in [5, 5.41) is 2.09. The minimum atomic E-state index is -4.60. The van der Waals surface area contributed by atoms with E-state index in [1.54, 1.807) is 0 Å². The van der Waals surface area contributed by atoms with Gasteiger partial charge in [-0.05, 0) is 25.0 Å². The van der Waals surface area contributed by atoms with E-state index in [0.717, 1.165) is 44.2 Å². The predicted octanol–water partition coefficient (Wildman–Crippen LogP) is 3.44. The van der Waals surface area contributed by atoms with Crippen LogP contribution in [0.15, 0.2) is 24.3 Å². The highest BCUT2D eigenvalue weighted by atomic mass is 19.4. The van der Waals surface area contributed by atoms with Crippen molar-refractivity contribution in [1.29, 1.82) is 0 Å². The number of benzene rings is 1. The number of amides is 2. The summed E-state index contributed by atoms with van der Waals surface area (Å²) in [6.45, 7) is 0. The summed E-state index contributed by atoms with van der Waals surface area (Å²) >= 11 is 0. The lowest BCUT2D eigenvalue weighted by Crippen LogP contribution is -2.44. The van der Waals surface area contributed by atoms with Gasteiger partial charge in [0.1, 0.15) is 0 Å². The van der Waals surface area contributed by atoms with Crippen molar-refractivity contribution in [3.05, 3.63) is 29.8 Å². The molecule has 0 heterocycles.